The van der Waals surface area contributed by atoms with Gasteiger partial charge >= 0.3 is 36.0 Å². The van der Waals surface area contributed by atoms with Crippen molar-refractivity contribution in [2.75, 3.05) is 13.1 Å². The number of esters is 3. The van der Waals surface area contributed by atoms with E-state index in [0.29, 0.717) is 19.3 Å². The number of phenolic OH excluding ortho intramolecular Hbond substituents is 2. The number of hydrogen-bond acceptors (Lipinski definition) is 13. The van der Waals surface area contributed by atoms with Gasteiger partial charge in [0.15, 0.2) is 0 Å². The molecule has 16 nitrogen and oxygen atoms in total. The Morgan fingerprint density at radius 2 is 1.34 bits per heavy atom. The molecule has 6 N–H and O–H groups in total. The molecule has 4 rings (SSSR count). The summed E-state index contributed by atoms with van der Waals surface area (Å²) in [5.41, 5.74) is -1.80. The van der Waals surface area contributed by atoms with Crippen molar-refractivity contribution in [1.29, 1.82) is 0 Å². The van der Waals surface area contributed by atoms with Crippen LogP contribution in [0.1, 0.15) is 112 Å². The number of aliphatic carboxylic acids is 1. The van der Waals surface area contributed by atoms with Crippen molar-refractivity contribution in [2.24, 2.45) is 0 Å². The number of carboxylic acids is 2. The Morgan fingerprint density at radius 3 is 1.88 bits per heavy atom. The highest BCUT2D eigenvalue weighted by molar-refractivity contribution is 6.19. The van der Waals surface area contributed by atoms with E-state index in [1.807, 2.05) is 13.8 Å². The van der Waals surface area contributed by atoms with Crippen LogP contribution in [-0.4, -0.2) is 93.4 Å². The second-order valence-electron chi connectivity index (χ2n) is 13.1. The lowest BCUT2D eigenvalue weighted by atomic mass is 9.95. The largest absolute Gasteiger partial charge is 0.508 e. The first-order valence-electron chi connectivity index (χ1n) is 18.4. The first-order chi connectivity index (χ1) is 27.9. The maximum Gasteiger partial charge on any atom is 0.490 e. The van der Waals surface area contributed by atoms with Crippen LogP contribution < -0.4 is 20.1 Å². The Kier molecular flexibility index (Phi) is 17.4. The molecule has 1 aliphatic rings. The van der Waals surface area contributed by atoms with Crippen molar-refractivity contribution < 1.29 is 81.4 Å². The van der Waals surface area contributed by atoms with Crippen LogP contribution in [0.2, 0.25) is 0 Å². The molecular weight excluding hydrogens is 789 g/mol. The molecule has 1 saturated heterocycles. The first-order valence-corrected chi connectivity index (χ1v) is 18.4. The number of carbonyl (C=O) groups is 7. The number of ketones is 1. The quantitative estimate of drug-likeness (QED) is 0.0422. The van der Waals surface area contributed by atoms with Gasteiger partial charge in [-0.05, 0) is 61.4 Å². The van der Waals surface area contributed by atoms with Gasteiger partial charge in [-0.3, -0.25) is 19.2 Å². The van der Waals surface area contributed by atoms with E-state index in [4.69, 9.17) is 24.1 Å². The van der Waals surface area contributed by atoms with Crippen LogP contribution in [0.4, 0.5) is 13.2 Å². The lowest BCUT2D eigenvalue weighted by Crippen LogP contribution is -2.44. The van der Waals surface area contributed by atoms with E-state index < -0.39 is 88.0 Å². The number of unbranched alkanes of at least 4 members (excludes halogenated alkanes) is 4. The van der Waals surface area contributed by atoms with Gasteiger partial charge in [0.25, 0.3) is 5.91 Å². The van der Waals surface area contributed by atoms with Crippen molar-refractivity contribution in [3.8, 4) is 23.0 Å². The smallest absolute Gasteiger partial charge is 0.490 e. The molecule has 59 heavy (non-hydrogen) atoms. The van der Waals surface area contributed by atoms with E-state index >= 15 is 0 Å². The number of rotatable bonds is 17. The normalized spacial score (nSPS) is 14.6. The molecule has 3 aromatic carbocycles. The summed E-state index contributed by atoms with van der Waals surface area (Å²) in [5, 5.41) is 43.6. The molecule has 0 spiro atoms. The molecule has 0 aromatic heterocycles. The fraction of sp³-hybridized carbons (Fsp3) is 0.375. The monoisotopic (exact) mass is 832 g/mol. The Labute approximate surface area is 335 Å². The average Bonchev–Trinajstić information content (AvgIpc) is 3.60. The van der Waals surface area contributed by atoms with Crippen molar-refractivity contribution >= 4 is 41.5 Å². The van der Waals surface area contributed by atoms with Gasteiger partial charge in [-0.15, -0.1) is 0 Å². The highest BCUT2D eigenvalue weighted by Crippen LogP contribution is 2.37. The van der Waals surface area contributed by atoms with Crippen LogP contribution in [0, 0.1) is 0 Å². The van der Waals surface area contributed by atoms with Gasteiger partial charge < -0.3 is 45.3 Å². The van der Waals surface area contributed by atoms with Gasteiger partial charge in [0.2, 0.25) is 5.78 Å². The van der Waals surface area contributed by atoms with E-state index in [0.717, 1.165) is 37.5 Å². The van der Waals surface area contributed by atoms with Gasteiger partial charge in [-0.1, -0.05) is 45.6 Å². The minimum atomic E-state index is -5.08. The van der Waals surface area contributed by atoms with E-state index in [1.165, 1.54) is 36.4 Å². The van der Waals surface area contributed by atoms with Crippen LogP contribution >= 0.6 is 0 Å². The molecule has 0 aliphatic carbocycles. The van der Waals surface area contributed by atoms with Gasteiger partial charge in [-0.2, -0.15) is 13.2 Å². The van der Waals surface area contributed by atoms with Gasteiger partial charge in [-0.25, -0.2) is 14.4 Å². The number of nitrogens with one attached hydrogen (secondary N) is 2. The molecular formula is C40H43F3N2O14. The Balaban J connectivity index is 0.00000122. The summed E-state index contributed by atoms with van der Waals surface area (Å²) < 4.78 is 48.4. The molecule has 1 amide bonds. The lowest BCUT2D eigenvalue weighted by molar-refractivity contribution is -0.192. The van der Waals surface area contributed by atoms with Crippen LogP contribution in [0.5, 0.6) is 23.0 Å². The van der Waals surface area contributed by atoms with Crippen molar-refractivity contribution in [3.05, 3.63) is 82.4 Å². The average molecular weight is 833 g/mol. The minimum Gasteiger partial charge on any atom is -0.508 e. The molecule has 3 aromatic rings. The number of aromatic carboxylic acids is 1. The number of ether oxygens (including phenoxy) is 3. The van der Waals surface area contributed by atoms with Crippen LogP contribution in [0.3, 0.4) is 0 Å². The third-order valence-corrected chi connectivity index (χ3v) is 8.55. The predicted molar refractivity (Wildman–Crippen MR) is 200 cm³/mol. The van der Waals surface area contributed by atoms with Crippen LogP contribution in [0.25, 0.3) is 0 Å². The zero-order valence-electron chi connectivity index (χ0n) is 31.9. The number of halogens is 3. The number of hydrogen-bond donors (Lipinski definition) is 6. The molecule has 318 valence electrons. The number of phenols is 2. The molecule has 0 bridgehead atoms. The van der Waals surface area contributed by atoms with E-state index in [9.17, 15) is 57.3 Å². The zero-order valence-corrected chi connectivity index (χ0v) is 31.9. The first kappa shape index (κ1) is 46.9. The van der Waals surface area contributed by atoms with E-state index in [1.54, 1.807) is 0 Å². The standard InChI is InChI=1S/C38H42N2O12.C2HF3O2/c1-3-5-7-12-31(43)50-28-11-9-10-25(37(47)48)33(28)35(45)34-27(42)18-23(19-29(34)51-32(44)13-8-6-4-2)38(49)52-30-21-39-20-26(30)40-36(46)22-14-16-24(41)17-15-22;3-2(4,5)1(6)7/h9-11,14-19,26,30,39,41-42H,3-8,12-13,20-21H2,1-2H3,(H,40,46)(H,47,48);(H,6,7)/t26-,30-;/m0./s1. The summed E-state index contributed by atoms with van der Waals surface area (Å²) in [4.78, 5) is 87.1. The molecule has 19 heteroatoms. The van der Waals surface area contributed by atoms with Gasteiger partial charge in [0.05, 0.1) is 22.7 Å². The second-order valence-corrected chi connectivity index (χ2v) is 13.1. The number of amides is 1. The number of benzene rings is 3. The highest BCUT2D eigenvalue weighted by Gasteiger charge is 2.38. The summed E-state index contributed by atoms with van der Waals surface area (Å²) >= 11 is 0. The van der Waals surface area contributed by atoms with Gasteiger partial charge in [0, 0.05) is 31.5 Å². The molecule has 1 heterocycles. The number of alkyl halides is 3. The van der Waals surface area contributed by atoms with E-state index in [2.05, 4.69) is 10.6 Å². The predicted octanol–water partition coefficient (Wildman–Crippen LogP) is 5.56. The topological polar surface area (TPSA) is 252 Å². The number of carbonyl (C=O) groups excluding carboxylic acids is 5. The third kappa shape index (κ3) is 13.8. The summed E-state index contributed by atoms with van der Waals surface area (Å²) in [6, 6.07) is 10.5. The SMILES string of the molecule is CCCCCC(=O)Oc1cc(C(=O)O[C@H]2CNC[C@@H]2NC(=O)c2ccc(O)cc2)cc(O)c1C(=O)c1c(OC(=O)CCCCC)cccc1C(=O)O.O=C(O)C(F)(F)F. The Bertz CT molecular complexity index is 2020. The highest BCUT2D eigenvalue weighted by atomic mass is 19.4. The summed E-state index contributed by atoms with van der Waals surface area (Å²) in [5.74, 6) is -10.1. The molecule has 2 atom stereocenters. The lowest BCUT2D eigenvalue weighted by Gasteiger charge is -2.21. The van der Waals surface area contributed by atoms with Gasteiger partial charge in [0.1, 0.15) is 34.7 Å². The second kappa shape index (κ2) is 21.9. The number of aromatic hydroxyl groups is 2. The summed E-state index contributed by atoms with van der Waals surface area (Å²) in [6.45, 7) is 4.32. The van der Waals surface area contributed by atoms with Crippen molar-refractivity contribution in [3.63, 3.8) is 0 Å². The van der Waals surface area contributed by atoms with Crippen molar-refractivity contribution in [1.82, 2.24) is 10.6 Å². The van der Waals surface area contributed by atoms with Crippen LogP contribution in [-0.2, 0) is 19.1 Å². The fourth-order valence-electron chi connectivity index (χ4n) is 5.56. The zero-order chi connectivity index (χ0) is 43.9. The maximum absolute atomic E-state index is 14.2. The summed E-state index contributed by atoms with van der Waals surface area (Å²) in [6.07, 6.45) is -1.93. The minimum absolute atomic E-state index is 0.0132. The van der Waals surface area contributed by atoms with Crippen LogP contribution in [0.15, 0.2) is 54.6 Å². The third-order valence-electron chi connectivity index (χ3n) is 8.55. The molecule has 0 radical (unpaired) electrons. The molecule has 0 unspecified atom stereocenters. The van der Waals surface area contributed by atoms with E-state index in [-0.39, 0.29) is 48.6 Å². The molecule has 0 saturated carbocycles. The van der Waals surface area contributed by atoms with Crippen molar-refractivity contribution in [2.45, 2.75) is 83.5 Å². The maximum atomic E-state index is 14.2. The number of carboxylic acid groups (broad SMARTS) is 2. The molecule has 1 fully saturated rings. The fourth-order valence-corrected chi connectivity index (χ4v) is 5.56. The summed E-state index contributed by atoms with van der Waals surface area (Å²) in [7, 11) is 0. The Morgan fingerprint density at radius 1 is 0.763 bits per heavy atom. The Hall–Kier alpha value is -6.50. The molecule has 1 aliphatic heterocycles.